The van der Waals surface area contributed by atoms with E-state index in [1.165, 1.54) is 12.1 Å². The summed E-state index contributed by atoms with van der Waals surface area (Å²) in [5, 5.41) is 3.31. The molecule has 1 saturated heterocycles. The van der Waals surface area contributed by atoms with E-state index in [1.54, 1.807) is 0 Å². The Morgan fingerprint density at radius 2 is 2.13 bits per heavy atom. The summed E-state index contributed by atoms with van der Waals surface area (Å²) in [5.74, 6) is -0.191. The topological polar surface area (TPSA) is 15.3 Å². The zero-order valence-corrected chi connectivity index (χ0v) is 8.62. The molecule has 0 aliphatic carbocycles. The number of hydrogen-bond acceptors (Lipinski definition) is 2. The first-order valence-corrected chi connectivity index (χ1v) is 5.17. The third kappa shape index (κ3) is 2.18. The van der Waals surface area contributed by atoms with Gasteiger partial charge < -0.3 is 10.2 Å². The first-order chi connectivity index (χ1) is 7.31. The lowest BCUT2D eigenvalue weighted by Gasteiger charge is -2.36. The fourth-order valence-corrected chi connectivity index (χ4v) is 1.89. The van der Waals surface area contributed by atoms with Crippen molar-refractivity contribution < 1.29 is 4.39 Å². The van der Waals surface area contributed by atoms with Gasteiger partial charge in [-0.25, -0.2) is 4.39 Å². The Morgan fingerprint density at radius 3 is 2.80 bits per heavy atom. The molecule has 1 fully saturated rings. The highest BCUT2D eigenvalue weighted by Crippen LogP contribution is 2.19. The molecule has 15 heavy (non-hydrogen) atoms. The molecule has 0 aromatic heterocycles. The van der Waals surface area contributed by atoms with Gasteiger partial charge in [-0.1, -0.05) is 6.08 Å². The van der Waals surface area contributed by atoms with E-state index in [1.807, 2.05) is 18.2 Å². The number of nitrogens with one attached hydrogen (secondary N) is 1. The van der Waals surface area contributed by atoms with Crippen LogP contribution in [-0.2, 0) is 0 Å². The van der Waals surface area contributed by atoms with E-state index in [4.69, 9.17) is 0 Å². The van der Waals surface area contributed by atoms with Crippen LogP contribution in [0.1, 0.15) is 0 Å². The Bertz CT molecular complexity index is 334. The molecular formula is C12H15FN2. The molecule has 0 saturated carbocycles. The highest BCUT2D eigenvalue weighted by Gasteiger charge is 2.19. The SMILES string of the molecule is C=CC1CNCCN1c1ccc(F)cc1. The lowest BCUT2D eigenvalue weighted by molar-refractivity contribution is 0.529. The molecule has 1 N–H and O–H groups in total. The first kappa shape index (κ1) is 10.2. The van der Waals surface area contributed by atoms with Gasteiger partial charge in [0.1, 0.15) is 5.82 Å². The molecule has 1 aliphatic rings. The lowest BCUT2D eigenvalue weighted by Crippen LogP contribution is -2.50. The van der Waals surface area contributed by atoms with Crippen LogP contribution in [0.4, 0.5) is 10.1 Å². The summed E-state index contributed by atoms with van der Waals surface area (Å²) in [4.78, 5) is 2.24. The van der Waals surface area contributed by atoms with E-state index in [-0.39, 0.29) is 5.82 Å². The van der Waals surface area contributed by atoms with Gasteiger partial charge in [0.05, 0.1) is 6.04 Å². The Kier molecular flexibility index (Phi) is 3.02. The predicted molar refractivity (Wildman–Crippen MR) is 60.6 cm³/mol. The number of nitrogens with zero attached hydrogens (tertiary/aromatic N) is 1. The van der Waals surface area contributed by atoms with Crippen LogP contribution in [0.25, 0.3) is 0 Å². The Hall–Kier alpha value is -1.35. The zero-order valence-electron chi connectivity index (χ0n) is 8.62. The highest BCUT2D eigenvalue weighted by atomic mass is 19.1. The quantitative estimate of drug-likeness (QED) is 0.742. The molecular weight excluding hydrogens is 191 g/mol. The zero-order chi connectivity index (χ0) is 10.7. The largest absolute Gasteiger partial charge is 0.363 e. The monoisotopic (exact) mass is 206 g/mol. The van der Waals surface area contributed by atoms with Crippen molar-refractivity contribution in [3.63, 3.8) is 0 Å². The number of piperazine rings is 1. The molecule has 1 atom stereocenters. The van der Waals surface area contributed by atoms with Gasteiger partial charge in [-0.3, -0.25) is 0 Å². The minimum Gasteiger partial charge on any atom is -0.363 e. The van der Waals surface area contributed by atoms with Gasteiger partial charge in [0.2, 0.25) is 0 Å². The molecule has 0 radical (unpaired) electrons. The minimum atomic E-state index is -0.191. The number of anilines is 1. The second-order valence-corrected chi connectivity index (χ2v) is 3.68. The average molecular weight is 206 g/mol. The maximum atomic E-state index is 12.8. The van der Waals surface area contributed by atoms with Crippen LogP contribution < -0.4 is 10.2 Å². The van der Waals surface area contributed by atoms with Gasteiger partial charge >= 0.3 is 0 Å². The standard InChI is InChI=1S/C12H15FN2/c1-2-11-9-14-7-8-15(11)12-5-3-10(13)4-6-12/h2-6,11,14H,1,7-9H2. The van der Waals surface area contributed by atoms with Crippen molar-refractivity contribution >= 4 is 5.69 Å². The van der Waals surface area contributed by atoms with Gasteiger partial charge in [0.25, 0.3) is 0 Å². The van der Waals surface area contributed by atoms with Gasteiger partial charge in [-0.2, -0.15) is 0 Å². The molecule has 0 amide bonds. The summed E-state index contributed by atoms with van der Waals surface area (Å²) in [5.41, 5.74) is 1.06. The van der Waals surface area contributed by atoms with Crippen molar-refractivity contribution in [2.75, 3.05) is 24.5 Å². The van der Waals surface area contributed by atoms with Crippen molar-refractivity contribution in [3.8, 4) is 0 Å². The summed E-state index contributed by atoms with van der Waals surface area (Å²) in [6, 6.07) is 6.92. The Labute approximate surface area is 89.4 Å². The summed E-state index contributed by atoms with van der Waals surface area (Å²) in [6.07, 6.45) is 1.93. The van der Waals surface area contributed by atoms with Crippen LogP contribution in [0.2, 0.25) is 0 Å². The van der Waals surface area contributed by atoms with E-state index in [2.05, 4.69) is 16.8 Å². The third-order valence-electron chi connectivity index (χ3n) is 2.71. The summed E-state index contributed by atoms with van der Waals surface area (Å²) < 4.78 is 12.8. The molecule has 1 unspecified atom stereocenters. The first-order valence-electron chi connectivity index (χ1n) is 5.17. The van der Waals surface area contributed by atoms with Crippen molar-refractivity contribution in [2.45, 2.75) is 6.04 Å². The summed E-state index contributed by atoms with van der Waals surface area (Å²) in [7, 11) is 0. The van der Waals surface area contributed by atoms with Crippen LogP contribution in [-0.4, -0.2) is 25.7 Å². The lowest BCUT2D eigenvalue weighted by atomic mass is 10.1. The van der Waals surface area contributed by atoms with Crippen LogP contribution in [0.5, 0.6) is 0 Å². The second-order valence-electron chi connectivity index (χ2n) is 3.68. The second kappa shape index (κ2) is 4.45. The minimum absolute atomic E-state index is 0.191. The highest BCUT2D eigenvalue weighted by molar-refractivity contribution is 5.49. The number of benzene rings is 1. The molecule has 0 spiro atoms. The van der Waals surface area contributed by atoms with Crippen molar-refractivity contribution in [3.05, 3.63) is 42.7 Å². The molecule has 1 heterocycles. The normalized spacial score (nSPS) is 21.4. The van der Waals surface area contributed by atoms with E-state index in [9.17, 15) is 4.39 Å². The molecule has 80 valence electrons. The van der Waals surface area contributed by atoms with Crippen LogP contribution in [0.15, 0.2) is 36.9 Å². The average Bonchev–Trinajstić information content (AvgIpc) is 2.30. The molecule has 0 bridgehead atoms. The van der Waals surface area contributed by atoms with Crippen molar-refractivity contribution in [1.29, 1.82) is 0 Å². The van der Waals surface area contributed by atoms with Gasteiger partial charge in [-0.15, -0.1) is 6.58 Å². The van der Waals surface area contributed by atoms with Crippen LogP contribution in [0, 0.1) is 5.82 Å². The number of rotatable bonds is 2. The van der Waals surface area contributed by atoms with E-state index >= 15 is 0 Å². The van der Waals surface area contributed by atoms with Crippen LogP contribution >= 0.6 is 0 Å². The molecule has 1 aliphatic heterocycles. The van der Waals surface area contributed by atoms with Gasteiger partial charge in [0.15, 0.2) is 0 Å². The van der Waals surface area contributed by atoms with E-state index < -0.39 is 0 Å². The maximum Gasteiger partial charge on any atom is 0.123 e. The maximum absolute atomic E-state index is 12.8. The smallest absolute Gasteiger partial charge is 0.123 e. The summed E-state index contributed by atoms with van der Waals surface area (Å²) in [6.45, 7) is 6.62. The van der Waals surface area contributed by atoms with Crippen molar-refractivity contribution in [1.82, 2.24) is 5.32 Å². The molecule has 1 aromatic carbocycles. The molecule has 3 heteroatoms. The van der Waals surface area contributed by atoms with Crippen molar-refractivity contribution in [2.24, 2.45) is 0 Å². The molecule has 2 rings (SSSR count). The van der Waals surface area contributed by atoms with E-state index in [0.29, 0.717) is 6.04 Å². The Morgan fingerprint density at radius 1 is 1.40 bits per heavy atom. The van der Waals surface area contributed by atoms with E-state index in [0.717, 1.165) is 25.3 Å². The number of halogens is 1. The van der Waals surface area contributed by atoms with Gasteiger partial charge in [-0.05, 0) is 24.3 Å². The fourth-order valence-electron chi connectivity index (χ4n) is 1.89. The third-order valence-corrected chi connectivity index (χ3v) is 2.71. The Balaban J connectivity index is 2.20. The molecule has 1 aromatic rings. The van der Waals surface area contributed by atoms with Gasteiger partial charge in [0, 0.05) is 25.3 Å². The summed E-state index contributed by atoms with van der Waals surface area (Å²) >= 11 is 0. The fraction of sp³-hybridized carbons (Fsp3) is 0.333. The van der Waals surface area contributed by atoms with Crippen LogP contribution in [0.3, 0.4) is 0 Å². The predicted octanol–water partition coefficient (Wildman–Crippen LogP) is 1.79. The number of hydrogen-bond donors (Lipinski definition) is 1. The molecule has 2 nitrogen and oxygen atoms in total.